The van der Waals surface area contributed by atoms with Crippen LogP contribution in [-0.4, -0.2) is 51.2 Å². The van der Waals surface area contributed by atoms with E-state index in [1.54, 1.807) is 6.92 Å². The Morgan fingerprint density at radius 1 is 0.971 bits per heavy atom. The molecule has 0 unspecified atom stereocenters. The van der Waals surface area contributed by atoms with Crippen molar-refractivity contribution in [2.24, 2.45) is 0 Å². The molecule has 3 aromatic rings. The van der Waals surface area contributed by atoms with Gasteiger partial charge < -0.3 is 4.74 Å². The molecular weight excluding hydrogens is 446 g/mol. The average molecular weight is 472 g/mol. The number of urea groups is 1. The molecule has 8 nitrogen and oxygen atoms in total. The monoisotopic (exact) mass is 471 g/mol. The van der Waals surface area contributed by atoms with Crippen LogP contribution in [0.3, 0.4) is 0 Å². The maximum atomic E-state index is 13.3. The predicted octanol–water partition coefficient (Wildman–Crippen LogP) is 4.31. The zero-order valence-corrected chi connectivity index (χ0v) is 19.4. The van der Waals surface area contributed by atoms with E-state index in [9.17, 15) is 19.2 Å². The molecule has 1 saturated heterocycles. The minimum Gasteiger partial charge on any atom is -0.462 e. The summed E-state index contributed by atoms with van der Waals surface area (Å²) in [7, 11) is 0. The van der Waals surface area contributed by atoms with Crippen molar-refractivity contribution in [3.63, 3.8) is 0 Å². The number of ether oxygens (including phenoxy) is 1. The largest absolute Gasteiger partial charge is 0.462 e. The van der Waals surface area contributed by atoms with Gasteiger partial charge in [-0.25, -0.2) is 19.5 Å². The fraction of sp³-hybridized carbons (Fsp3) is 0.296. The quantitative estimate of drug-likeness (QED) is 0.302. The SMILES string of the molecule is CCOC(=O)c1c(CN2C(=O)C(=O)N(C3CCCC3)C2=O)nc2ccccc2c1-c1ccccc1. The second kappa shape index (κ2) is 9.29. The molecule has 0 atom stereocenters. The Balaban J connectivity index is 1.65. The topological polar surface area (TPSA) is 96.9 Å². The number of carbonyl (C=O) groups is 4. The molecule has 5 rings (SSSR count). The number of para-hydroxylation sites is 1. The lowest BCUT2D eigenvalue weighted by atomic mass is 9.94. The third-order valence-corrected chi connectivity index (χ3v) is 6.59. The van der Waals surface area contributed by atoms with Crippen LogP contribution in [0.15, 0.2) is 54.6 Å². The van der Waals surface area contributed by atoms with E-state index >= 15 is 0 Å². The Labute approximate surface area is 202 Å². The van der Waals surface area contributed by atoms with Gasteiger partial charge >= 0.3 is 23.8 Å². The number of imide groups is 2. The van der Waals surface area contributed by atoms with E-state index in [1.807, 2.05) is 54.6 Å². The molecule has 2 fully saturated rings. The van der Waals surface area contributed by atoms with E-state index < -0.39 is 23.8 Å². The summed E-state index contributed by atoms with van der Waals surface area (Å²) in [5, 5.41) is 0.744. The van der Waals surface area contributed by atoms with Crippen molar-refractivity contribution in [1.82, 2.24) is 14.8 Å². The molecule has 4 amide bonds. The van der Waals surface area contributed by atoms with Crippen LogP contribution in [0.5, 0.6) is 0 Å². The highest BCUT2D eigenvalue weighted by Gasteiger charge is 2.48. The zero-order chi connectivity index (χ0) is 24.5. The maximum Gasteiger partial charge on any atom is 0.340 e. The molecule has 2 aliphatic rings. The molecular formula is C27H25N3O5. The number of pyridine rings is 1. The van der Waals surface area contributed by atoms with Gasteiger partial charge in [0.15, 0.2) is 0 Å². The number of amides is 4. The second-order valence-corrected chi connectivity index (χ2v) is 8.70. The Hall–Kier alpha value is -4.07. The zero-order valence-electron chi connectivity index (χ0n) is 19.4. The average Bonchev–Trinajstić information content (AvgIpc) is 3.47. The highest BCUT2D eigenvalue weighted by molar-refractivity contribution is 6.44. The number of benzene rings is 2. The van der Waals surface area contributed by atoms with Gasteiger partial charge in [0.25, 0.3) is 0 Å². The number of nitrogens with zero attached hydrogens (tertiary/aromatic N) is 3. The van der Waals surface area contributed by atoms with Crippen LogP contribution < -0.4 is 0 Å². The van der Waals surface area contributed by atoms with Crippen LogP contribution in [0.1, 0.15) is 48.7 Å². The van der Waals surface area contributed by atoms with Gasteiger partial charge in [-0.1, -0.05) is 61.4 Å². The molecule has 2 heterocycles. The van der Waals surface area contributed by atoms with Gasteiger partial charge in [-0.3, -0.25) is 14.5 Å². The van der Waals surface area contributed by atoms with E-state index in [2.05, 4.69) is 4.98 Å². The first-order valence-electron chi connectivity index (χ1n) is 11.8. The van der Waals surface area contributed by atoms with Crippen molar-refractivity contribution in [3.05, 3.63) is 65.9 Å². The summed E-state index contributed by atoms with van der Waals surface area (Å²) >= 11 is 0. The Bertz CT molecular complexity index is 1330. The van der Waals surface area contributed by atoms with Crippen LogP contribution in [0.2, 0.25) is 0 Å². The summed E-state index contributed by atoms with van der Waals surface area (Å²) in [5.74, 6) is -2.31. The Morgan fingerprint density at radius 2 is 1.66 bits per heavy atom. The molecule has 1 saturated carbocycles. The molecule has 1 aromatic heterocycles. The number of carbonyl (C=O) groups excluding carboxylic acids is 4. The van der Waals surface area contributed by atoms with Crippen LogP contribution in [0.4, 0.5) is 4.79 Å². The number of hydrogen-bond donors (Lipinski definition) is 0. The molecule has 178 valence electrons. The van der Waals surface area contributed by atoms with Crippen molar-refractivity contribution in [2.75, 3.05) is 6.61 Å². The number of rotatable bonds is 6. The summed E-state index contributed by atoms with van der Waals surface area (Å²) in [6, 6.07) is 15.8. The van der Waals surface area contributed by atoms with Crippen LogP contribution in [-0.2, 0) is 20.9 Å². The van der Waals surface area contributed by atoms with Crippen molar-refractivity contribution in [1.29, 1.82) is 0 Å². The molecule has 8 heteroatoms. The van der Waals surface area contributed by atoms with E-state index in [0.717, 1.165) is 33.6 Å². The lowest BCUT2D eigenvalue weighted by Crippen LogP contribution is -2.39. The first-order valence-corrected chi connectivity index (χ1v) is 11.8. The van der Waals surface area contributed by atoms with Crippen molar-refractivity contribution >= 4 is 34.7 Å². The van der Waals surface area contributed by atoms with E-state index in [4.69, 9.17) is 4.74 Å². The van der Waals surface area contributed by atoms with Crippen LogP contribution in [0.25, 0.3) is 22.0 Å². The summed E-state index contributed by atoms with van der Waals surface area (Å²) < 4.78 is 5.38. The molecule has 35 heavy (non-hydrogen) atoms. The van der Waals surface area contributed by atoms with Crippen LogP contribution >= 0.6 is 0 Å². The van der Waals surface area contributed by atoms with E-state index in [-0.39, 0.29) is 30.5 Å². The number of hydrogen-bond acceptors (Lipinski definition) is 6. The lowest BCUT2D eigenvalue weighted by Gasteiger charge is -2.22. The third-order valence-electron chi connectivity index (χ3n) is 6.59. The smallest absolute Gasteiger partial charge is 0.340 e. The fourth-order valence-electron chi connectivity index (χ4n) is 5.00. The lowest BCUT2D eigenvalue weighted by molar-refractivity contribution is -0.144. The molecule has 0 N–H and O–H groups in total. The molecule has 2 aromatic carbocycles. The summed E-state index contributed by atoms with van der Waals surface area (Å²) in [6.45, 7) is 1.56. The van der Waals surface area contributed by atoms with Gasteiger partial charge in [-0.2, -0.15) is 0 Å². The number of esters is 1. The minimum absolute atomic E-state index is 0.148. The highest BCUT2D eigenvalue weighted by atomic mass is 16.5. The first-order chi connectivity index (χ1) is 17.0. The summed E-state index contributed by atoms with van der Waals surface area (Å²) in [5.41, 5.74) is 2.39. The van der Waals surface area contributed by atoms with E-state index in [0.29, 0.717) is 23.9 Å². The third kappa shape index (κ3) is 3.95. The van der Waals surface area contributed by atoms with Crippen molar-refractivity contribution in [2.45, 2.75) is 45.2 Å². The van der Waals surface area contributed by atoms with Crippen molar-refractivity contribution < 1.29 is 23.9 Å². The van der Waals surface area contributed by atoms with Gasteiger partial charge in [-0.05, 0) is 31.4 Å². The summed E-state index contributed by atoms with van der Waals surface area (Å²) in [6.07, 6.45) is 3.21. The Kier molecular flexibility index (Phi) is 6.03. The maximum absolute atomic E-state index is 13.3. The molecule has 0 spiro atoms. The number of fused-ring (bicyclic) bond motifs is 1. The fourth-order valence-corrected chi connectivity index (χ4v) is 5.00. The van der Waals surface area contributed by atoms with Gasteiger partial charge in [-0.15, -0.1) is 0 Å². The molecule has 0 bridgehead atoms. The van der Waals surface area contributed by atoms with Gasteiger partial charge in [0.1, 0.15) is 0 Å². The van der Waals surface area contributed by atoms with Gasteiger partial charge in [0, 0.05) is 17.0 Å². The summed E-state index contributed by atoms with van der Waals surface area (Å²) in [4.78, 5) is 58.7. The van der Waals surface area contributed by atoms with Gasteiger partial charge in [0.2, 0.25) is 0 Å². The van der Waals surface area contributed by atoms with Gasteiger partial charge in [0.05, 0.1) is 29.9 Å². The standard InChI is InChI=1S/C27H25N3O5/c1-2-35-26(33)23-21(16-29-24(31)25(32)30(27(29)34)18-12-6-7-13-18)28-20-15-9-8-14-19(20)22(23)17-10-4-3-5-11-17/h3-5,8-11,14-15,18H,2,6-7,12-13,16H2,1H3. The highest BCUT2D eigenvalue weighted by Crippen LogP contribution is 2.35. The molecule has 1 aliphatic carbocycles. The number of aromatic nitrogens is 1. The first kappa shape index (κ1) is 22.7. The molecule has 0 radical (unpaired) electrons. The van der Waals surface area contributed by atoms with Crippen molar-refractivity contribution in [3.8, 4) is 11.1 Å². The second-order valence-electron chi connectivity index (χ2n) is 8.70. The predicted molar refractivity (Wildman–Crippen MR) is 128 cm³/mol. The normalized spacial score (nSPS) is 16.5. The van der Waals surface area contributed by atoms with E-state index in [1.165, 1.54) is 0 Å². The van der Waals surface area contributed by atoms with Crippen LogP contribution in [0, 0.1) is 0 Å². The minimum atomic E-state index is -0.895. The Morgan fingerprint density at radius 3 is 2.37 bits per heavy atom. The molecule has 1 aliphatic heterocycles.